The molecule has 0 amide bonds. The molecule has 0 aromatic rings. The Labute approximate surface area is 147 Å². The average Bonchev–Trinajstić information content (AvgIpc) is 2.52. The first-order valence-electron chi connectivity index (χ1n) is 10.3. The second kappa shape index (κ2) is 19.4. The van der Waals surface area contributed by atoms with Crippen molar-refractivity contribution in [2.75, 3.05) is 0 Å². The fraction of sp³-hybridized carbons (Fsp3) is 0.952. The summed E-state index contributed by atoms with van der Waals surface area (Å²) in [5, 5.41) is 0.542. The molecule has 0 aliphatic rings. The van der Waals surface area contributed by atoms with E-state index >= 15 is 0 Å². The average molecular weight is 328 g/mol. The van der Waals surface area contributed by atoms with Crippen molar-refractivity contribution in [3.63, 3.8) is 0 Å². The lowest BCUT2D eigenvalue weighted by Crippen LogP contribution is -1.99. The van der Waals surface area contributed by atoms with E-state index in [1.165, 1.54) is 109 Å². The Morgan fingerprint density at radius 1 is 0.591 bits per heavy atom. The Morgan fingerprint density at radius 3 is 1.50 bits per heavy atom. The zero-order chi connectivity index (χ0) is 16.3. The topological polar surface area (TPSA) is 0 Å². The van der Waals surface area contributed by atoms with Gasteiger partial charge in [-0.1, -0.05) is 110 Å². The van der Waals surface area contributed by atoms with Crippen molar-refractivity contribution in [2.24, 2.45) is 0 Å². The van der Waals surface area contributed by atoms with Crippen LogP contribution in [0.15, 0.2) is 0 Å². The Hall–Kier alpha value is 0.350. The van der Waals surface area contributed by atoms with Gasteiger partial charge in [0.1, 0.15) is 0 Å². The van der Waals surface area contributed by atoms with Crippen LogP contribution in [0.4, 0.5) is 0 Å². The number of rotatable bonds is 18. The van der Waals surface area contributed by atoms with Gasteiger partial charge in [-0.3, -0.25) is 0 Å². The van der Waals surface area contributed by atoms with Gasteiger partial charge in [0.05, 0.1) is 0 Å². The van der Waals surface area contributed by atoms with Gasteiger partial charge in [0.25, 0.3) is 0 Å². The molecule has 1 heteroatoms. The molecule has 0 spiro atoms. The van der Waals surface area contributed by atoms with Crippen molar-refractivity contribution in [3.05, 3.63) is 6.42 Å². The highest BCUT2D eigenvalue weighted by Gasteiger charge is 2.03. The maximum absolute atomic E-state index is 4.71. The third-order valence-corrected chi connectivity index (χ3v) is 5.07. The third-order valence-electron chi connectivity index (χ3n) is 4.60. The lowest BCUT2D eigenvalue weighted by atomic mass is 10.0. The van der Waals surface area contributed by atoms with Gasteiger partial charge in [-0.2, -0.15) is 12.6 Å². The standard InChI is InChI=1S/C21H43S/c1-3-5-7-9-11-12-14-16-18-20-21(22)19-17-15-13-10-8-6-4-2/h20-22H,3-19H2,1-2H3. The van der Waals surface area contributed by atoms with Crippen LogP contribution in [0.25, 0.3) is 0 Å². The van der Waals surface area contributed by atoms with E-state index < -0.39 is 0 Å². The highest BCUT2D eigenvalue weighted by Crippen LogP contribution is 2.17. The fourth-order valence-corrected chi connectivity index (χ4v) is 3.35. The van der Waals surface area contributed by atoms with Crippen molar-refractivity contribution in [1.82, 2.24) is 0 Å². The van der Waals surface area contributed by atoms with E-state index in [2.05, 4.69) is 20.3 Å². The van der Waals surface area contributed by atoms with Crippen molar-refractivity contribution < 1.29 is 0 Å². The summed E-state index contributed by atoms with van der Waals surface area (Å²) in [5.74, 6) is 0. The predicted molar refractivity (Wildman–Crippen MR) is 107 cm³/mol. The summed E-state index contributed by atoms with van der Waals surface area (Å²) in [7, 11) is 0. The van der Waals surface area contributed by atoms with E-state index in [0.29, 0.717) is 5.25 Å². The van der Waals surface area contributed by atoms with Crippen LogP contribution in [0.1, 0.15) is 123 Å². The summed E-state index contributed by atoms with van der Waals surface area (Å²) in [4.78, 5) is 0. The van der Waals surface area contributed by atoms with Crippen LogP contribution in [0, 0.1) is 6.42 Å². The molecule has 0 aliphatic heterocycles. The normalized spacial score (nSPS) is 12.7. The highest BCUT2D eigenvalue weighted by atomic mass is 32.1. The van der Waals surface area contributed by atoms with Crippen molar-refractivity contribution >= 4 is 12.6 Å². The van der Waals surface area contributed by atoms with E-state index in [4.69, 9.17) is 12.6 Å². The quantitative estimate of drug-likeness (QED) is 0.190. The van der Waals surface area contributed by atoms with Gasteiger partial charge in [-0.15, -0.1) is 0 Å². The molecule has 0 fully saturated rings. The first-order valence-corrected chi connectivity index (χ1v) is 10.8. The van der Waals surface area contributed by atoms with Gasteiger partial charge in [0.15, 0.2) is 0 Å². The molecule has 22 heavy (non-hydrogen) atoms. The minimum atomic E-state index is 0.542. The minimum Gasteiger partial charge on any atom is -0.176 e. The molecule has 0 saturated carbocycles. The first kappa shape index (κ1) is 22.4. The number of unbranched alkanes of at least 4 members (excludes halogenated alkanes) is 14. The summed E-state index contributed by atoms with van der Waals surface area (Å²) < 4.78 is 0. The predicted octanol–water partition coefficient (Wildman–Crippen LogP) is 8.16. The molecule has 0 N–H and O–H groups in total. The number of thiol groups is 1. The zero-order valence-electron chi connectivity index (χ0n) is 15.6. The summed E-state index contributed by atoms with van der Waals surface area (Å²) in [6, 6.07) is 0. The third kappa shape index (κ3) is 18.4. The van der Waals surface area contributed by atoms with Crippen molar-refractivity contribution in [3.8, 4) is 0 Å². The van der Waals surface area contributed by atoms with E-state index in [9.17, 15) is 0 Å². The first-order chi connectivity index (χ1) is 10.8. The van der Waals surface area contributed by atoms with E-state index in [0.717, 1.165) is 0 Å². The van der Waals surface area contributed by atoms with Gasteiger partial charge in [-0.25, -0.2) is 0 Å². The van der Waals surface area contributed by atoms with Crippen molar-refractivity contribution in [1.29, 1.82) is 0 Å². The molecule has 0 aliphatic carbocycles. The van der Waals surface area contributed by atoms with Crippen LogP contribution in [-0.2, 0) is 0 Å². The van der Waals surface area contributed by atoms with E-state index in [1.54, 1.807) is 0 Å². The lowest BCUT2D eigenvalue weighted by molar-refractivity contribution is 0.562. The van der Waals surface area contributed by atoms with Crippen LogP contribution in [-0.4, -0.2) is 5.25 Å². The smallest absolute Gasteiger partial charge is 0.00481 e. The molecule has 0 aromatic heterocycles. The van der Waals surface area contributed by atoms with Crippen LogP contribution in [0.2, 0.25) is 0 Å². The van der Waals surface area contributed by atoms with Crippen LogP contribution in [0.3, 0.4) is 0 Å². The Kier molecular flexibility index (Phi) is 19.7. The van der Waals surface area contributed by atoms with E-state index in [1.807, 2.05) is 0 Å². The van der Waals surface area contributed by atoms with Gasteiger partial charge in [-0.05, 0) is 19.3 Å². The van der Waals surface area contributed by atoms with Crippen LogP contribution < -0.4 is 0 Å². The molecular weight excluding hydrogens is 284 g/mol. The molecule has 0 nitrogen and oxygen atoms in total. The molecule has 0 saturated heterocycles. The van der Waals surface area contributed by atoms with E-state index in [-0.39, 0.29) is 0 Å². The molecule has 1 radical (unpaired) electrons. The zero-order valence-corrected chi connectivity index (χ0v) is 16.5. The molecule has 0 aromatic carbocycles. The molecule has 1 atom stereocenters. The molecule has 133 valence electrons. The van der Waals surface area contributed by atoms with Gasteiger partial charge >= 0.3 is 0 Å². The molecule has 0 bridgehead atoms. The molecule has 0 heterocycles. The second-order valence-electron chi connectivity index (χ2n) is 6.98. The highest BCUT2D eigenvalue weighted by molar-refractivity contribution is 7.81. The summed E-state index contributed by atoms with van der Waals surface area (Å²) in [6.07, 6.45) is 26.2. The lowest BCUT2D eigenvalue weighted by Gasteiger charge is -2.10. The summed E-state index contributed by atoms with van der Waals surface area (Å²) >= 11 is 4.71. The van der Waals surface area contributed by atoms with Crippen LogP contribution in [0.5, 0.6) is 0 Å². The minimum absolute atomic E-state index is 0.542. The van der Waals surface area contributed by atoms with Crippen molar-refractivity contribution in [2.45, 2.75) is 128 Å². The fourth-order valence-electron chi connectivity index (χ4n) is 3.02. The largest absolute Gasteiger partial charge is 0.176 e. The van der Waals surface area contributed by atoms with Crippen LogP contribution >= 0.6 is 12.6 Å². The summed E-state index contributed by atoms with van der Waals surface area (Å²) in [5.41, 5.74) is 0. The summed E-state index contributed by atoms with van der Waals surface area (Å²) in [6.45, 7) is 4.57. The van der Waals surface area contributed by atoms with Gasteiger partial charge in [0, 0.05) is 5.25 Å². The second-order valence-corrected chi connectivity index (χ2v) is 7.64. The monoisotopic (exact) mass is 327 g/mol. The molecule has 0 rings (SSSR count). The Morgan fingerprint density at radius 2 is 1.00 bits per heavy atom. The number of hydrogen-bond donors (Lipinski definition) is 1. The Balaban J connectivity index is 3.11. The van der Waals surface area contributed by atoms with Gasteiger partial charge in [0.2, 0.25) is 0 Å². The SMILES string of the molecule is CCCCCCCCCC[CH]C(S)CCCCCCCCC. The maximum Gasteiger partial charge on any atom is 0.00481 e. The number of hydrogen-bond acceptors (Lipinski definition) is 1. The molecular formula is C21H43S. The Bertz CT molecular complexity index is 190. The molecule has 1 unspecified atom stereocenters. The van der Waals surface area contributed by atoms with Gasteiger partial charge < -0.3 is 0 Å². The maximum atomic E-state index is 4.71.